The zero-order valence-corrected chi connectivity index (χ0v) is 11.0. The number of hydrogen-bond donors (Lipinski definition) is 1. The average molecular weight is 223 g/mol. The molecule has 0 spiro atoms. The van der Waals surface area contributed by atoms with Crippen LogP contribution in [0.3, 0.4) is 0 Å². The molecule has 3 atom stereocenters. The molecule has 1 aliphatic heterocycles. The fourth-order valence-corrected chi connectivity index (χ4v) is 3.62. The van der Waals surface area contributed by atoms with Crippen molar-refractivity contribution >= 4 is 0 Å². The Bertz CT molecular complexity index is 190. The van der Waals surface area contributed by atoms with E-state index in [2.05, 4.69) is 12.2 Å². The monoisotopic (exact) mass is 223 g/mol. The summed E-state index contributed by atoms with van der Waals surface area (Å²) >= 11 is 0. The summed E-state index contributed by atoms with van der Waals surface area (Å²) in [5, 5.41) is 3.93. The molecule has 1 saturated heterocycles. The van der Waals surface area contributed by atoms with E-state index in [0.717, 1.165) is 18.0 Å². The topological polar surface area (TPSA) is 12.0 Å². The molecule has 1 nitrogen and oxygen atoms in total. The van der Waals surface area contributed by atoms with Crippen LogP contribution < -0.4 is 5.32 Å². The SMILES string of the molecule is CCCCCCC1CCC2CCCCC2N1. The zero-order chi connectivity index (χ0) is 11.2. The summed E-state index contributed by atoms with van der Waals surface area (Å²) in [6.07, 6.45) is 16.0. The molecule has 1 N–H and O–H groups in total. The van der Waals surface area contributed by atoms with Gasteiger partial charge in [0.25, 0.3) is 0 Å². The molecule has 1 aliphatic carbocycles. The molecular formula is C15H29N. The second-order valence-corrected chi connectivity index (χ2v) is 5.94. The van der Waals surface area contributed by atoms with Gasteiger partial charge in [-0.15, -0.1) is 0 Å². The third kappa shape index (κ3) is 3.48. The summed E-state index contributed by atoms with van der Waals surface area (Å²) in [5.41, 5.74) is 0. The lowest BCUT2D eigenvalue weighted by Crippen LogP contribution is -2.48. The van der Waals surface area contributed by atoms with Crippen molar-refractivity contribution in [2.24, 2.45) is 5.92 Å². The normalized spacial score (nSPS) is 34.7. The summed E-state index contributed by atoms with van der Waals surface area (Å²) in [4.78, 5) is 0. The van der Waals surface area contributed by atoms with Crippen LogP contribution in [0.5, 0.6) is 0 Å². The first-order valence-corrected chi connectivity index (χ1v) is 7.66. The molecule has 0 aromatic heterocycles. The van der Waals surface area contributed by atoms with E-state index >= 15 is 0 Å². The van der Waals surface area contributed by atoms with Crippen molar-refractivity contribution in [3.05, 3.63) is 0 Å². The van der Waals surface area contributed by atoms with Gasteiger partial charge in [0.05, 0.1) is 0 Å². The van der Waals surface area contributed by atoms with Crippen molar-refractivity contribution in [1.82, 2.24) is 5.32 Å². The number of unbranched alkanes of at least 4 members (excludes halogenated alkanes) is 3. The molecule has 16 heavy (non-hydrogen) atoms. The Labute approximate surface area is 101 Å². The summed E-state index contributed by atoms with van der Waals surface area (Å²) in [7, 11) is 0. The Kier molecular flexibility index (Phi) is 5.15. The van der Waals surface area contributed by atoms with E-state index in [-0.39, 0.29) is 0 Å². The maximum Gasteiger partial charge on any atom is 0.00979 e. The number of rotatable bonds is 5. The molecule has 1 heteroatoms. The van der Waals surface area contributed by atoms with Crippen LogP contribution in [0.25, 0.3) is 0 Å². The number of piperidine rings is 1. The highest BCUT2D eigenvalue weighted by atomic mass is 15.0. The van der Waals surface area contributed by atoms with E-state index in [1.807, 2.05) is 0 Å². The van der Waals surface area contributed by atoms with Gasteiger partial charge in [0.15, 0.2) is 0 Å². The smallest absolute Gasteiger partial charge is 0.00979 e. The molecule has 2 rings (SSSR count). The summed E-state index contributed by atoms with van der Waals surface area (Å²) in [5.74, 6) is 1.03. The van der Waals surface area contributed by atoms with Gasteiger partial charge in [-0.1, -0.05) is 45.4 Å². The Morgan fingerprint density at radius 1 is 0.938 bits per heavy atom. The zero-order valence-electron chi connectivity index (χ0n) is 11.0. The van der Waals surface area contributed by atoms with E-state index < -0.39 is 0 Å². The minimum atomic E-state index is 0.858. The quantitative estimate of drug-likeness (QED) is 0.686. The first-order valence-electron chi connectivity index (χ1n) is 7.66. The van der Waals surface area contributed by atoms with E-state index in [9.17, 15) is 0 Å². The van der Waals surface area contributed by atoms with Gasteiger partial charge >= 0.3 is 0 Å². The van der Waals surface area contributed by atoms with E-state index in [4.69, 9.17) is 0 Å². The van der Waals surface area contributed by atoms with Gasteiger partial charge in [0.1, 0.15) is 0 Å². The molecule has 3 unspecified atom stereocenters. The van der Waals surface area contributed by atoms with Crippen molar-refractivity contribution < 1.29 is 0 Å². The van der Waals surface area contributed by atoms with Crippen molar-refractivity contribution in [3.8, 4) is 0 Å². The van der Waals surface area contributed by atoms with Crippen LogP contribution in [-0.4, -0.2) is 12.1 Å². The number of nitrogens with one attached hydrogen (secondary N) is 1. The Morgan fingerprint density at radius 3 is 2.69 bits per heavy atom. The highest BCUT2D eigenvalue weighted by molar-refractivity contribution is 4.89. The second-order valence-electron chi connectivity index (χ2n) is 5.94. The summed E-state index contributed by atoms with van der Waals surface area (Å²) in [6.45, 7) is 2.30. The molecule has 0 bridgehead atoms. The molecule has 2 aliphatic rings. The van der Waals surface area contributed by atoms with Gasteiger partial charge < -0.3 is 5.32 Å². The van der Waals surface area contributed by atoms with Crippen molar-refractivity contribution in [3.63, 3.8) is 0 Å². The van der Waals surface area contributed by atoms with Crippen molar-refractivity contribution in [2.45, 2.75) is 89.6 Å². The second kappa shape index (κ2) is 6.64. The minimum Gasteiger partial charge on any atom is -0.311 e. The van der Waals surface area contributed by atoms with Gasteiger partial charge in [0.2, 0.25) is 0 Å². The molecule has 0 amide bonds. The van der Waals surface area contributed by atoms with Gasteiger partial charge in [-0.3, -0.25) is 0 Å². The molecule has 1 saturated carbocycles. The number of hydrogen-bond acceptors (Lipinski definition) is 1. The van der Waals surface area contributed by atoms with Crippen molar-refractivity contribution in [1.29, 1.82) is 0 Å². The molecule has 0 aromatic rings. The van der Waals surface area contributed by atoms with Gasteiger partial charge in [-0.05, 0) is 38.0 Å². The van der Waals surface area contributed by atoms with Crippen LogP contribution in [-0.2, 0) is 0 Å². The Balaban J connectivity index is 1.65. The predicted octanol–water partition coefficient (Wildman–Crippen LogP) is 4.27. The van der Waals surface area contributed by atoms with Crippen LogP contribution in [0.4, 0.5) is 0 Å². The molecule has 0 radical (unpaired) electrons. The van der Waals surface area contributed by atoms with Gasteiger partial charge in [0, 0.05) is 12.1 Å². The predicted molar refractivity (Wildman–Crippen MR) is 70.7 cm³/mol. The Morgan fingerprint density at radius 2 is 1.81 bits per heavy atom. The van der Waals surface area contributed by atoms with E-state index in [1.165, 1.54) is 70.6 Å². The minimum absolute atomic E-state index is 0.858. The van der Waals surface area contributed by atoms with E-state index in [1.54, 1.807) is 0 Å². The summed E-state index contributed by atoms with van der Waals surface area (Å²) < 4.78 is 0. The third-order valence-electron chi connectivity index (χ3n) is 4.65. The lowest BCUT2D eigenvalue weighted by atomic mass is 9.77. The fourth-order valence-electron chi connectivity index (χ4n) is 3.62. The first kappa shape index (κ1) is 12.4. The van der Waals surface area contributed by atoms with Crippen LogP contribution in [0.1, 0.15) is 77.6 Å². The average Bonchev–Trinajstić information content (AvgIpc) is 2.34. The third-order valence-corrected chi connectivity index (χ3v) is 4.65. The van der Waals surface area contributed by atoms with Crippen LogP contribution in [0, 0.1) is 5.92 Å². The highest BCUT2D eigenvalue weighted by Crippen LogP contribution is 2.33. The summed E-state index contributed by atoms with van der Waals surface area (Å²) in [6, 6.07) is 1.75. The van der Waals surface area contributed by atoms with Crippen molar-refractivity contribution in [2.75, 3.05) is 0 Å². The standard InChI is InChI=1S/C15H29N/c1-2-3-4-5-9-14-12-11-13-8-6-7-10-15(13)16-14/h13-16H,2-12H2,1H3. The molecule has 1 heterocycles. The maximum atomic E-state index is 3.93. The fraction of sp³-hybridized carbons (Fsp3) is 1.00. The van der Waals surface area contributed by atoms with Crippen LogP contribution in [0.2, 0.25) is 0 Å². The highest BCUT2D eigenvalue weighted by Gasteiger charge is 2.30. The maximum absolute atomic E-state index is 3.93. The Hall–Kier alpha value is -0.0400. The van der Waals surface area contributed by atoms with Gasteiger partial charge in [-0.25, -0.2) is 0 Å². The van der Waals surface area contributed by atoms with Crippen LogP contribution in [0.15, 0.2) is 0 Å². The first-order chi connectivity index (χ1) is 7.90. The van der Waals surface area contributed by atoms with E-state index in [0.29, 0.717) is 0 Å². The van der Waals surface area contributed by atoms with Gasteiger partial charge in [-0.2, -0.15) is 0 Å². The molecular weight excluding hydrogens is 194 g/mol. The molecule has 0 aromatic carbocycles. The largest absolute Gasteiger partial charge is 0.311 e. The number of fused-ring (bicyclic) bond motifs is 1. The lowest BCUT2D eigenvalue weighted by molar-refractivity contribution is 0.170. The molecule has 94 valence electrons. The van der Waals surface area contributed by atoms with Crippen LogP contribution >= 0.6 is 0 Å². The molecule has 2 fully saturated rings. The lowest BCUT2D eigenvalue weighted by Gasteiger charge is -2.40.